The van der Waals surface area contributed by atoms with E-state index in [1.807, 2.05) is 19.1 Å². The Bertz CT molecular complexity index is 348. The fourth-order valence-electron chi connectivity index (χ4n) is 1.64. The van der Waals surface area contributed by atoms with Gasteiger partial charge in [-0.3, -0.25) is 0 Å². The number of rotatable bonds is 6. The van der Waals surface area contributed by atoms with Gasteiger partial charge in [-0.15, -0.1) is 0 Å². The summed E-state index contributed by atoms with van der Waals surface area (Å²) < 4.78 is 10.8. The Labute approximate surface area is 96.8 Å². The van der Waals surface area contributed by atoms with Gasteiger partial charge in [0, 0.05) is 24.2 Å². The highest BCUT2D eigenvalue weighted by Gasteiger charge is 2.20. The minimum absolute atomic E-state index is 0.684. The lowest BCUT2D eigenvalue weighted by Gasteiger charge is -2.12. The summed E-state index contributed by atoms with van der Waals surface area (Å²) in [5.74, 6) is 1.77. The number of hydrogen-bond acceptors (Lipinski definition) is 3. The molecule has 0 spiro atoms. The Kier molecular flexibility index (Phi) is 3.67. The van der Waals surface area contributed by atoms with Crippen molar-refractivity contribution in [1.82, 2.24) is 5.32 Å². The minimum Gasteiger partial charge on any atom is -0.497 e. The minimum atomic E-state index is 0.684. The van der Waals surface area contributed by atoms with E-state index >= 15 is 0 Å². The first kappa shape index (κ1) is 11.3. The van der Waals surface area contributed by atoms with Crippen molar-refractivity contribution in [3.05, 3.63) is 23.8 Å². The number of ether oxygens (including phenoxy) is 2. The van der Waals surface area contributed by atoms with E-state index in [-0.39, 0.29) is 0 Å². The number of hydrogen-bond donors (Lipinski definition) is 1. The van der Waals surface area contributed by atoms with Gasteiger partial charge >= 0.3 is 0 Å². The molecule has 16 heavy (non-hydrogen) atoms. The topological polar surface area (TPSA) is 30.5 Å². The standard InChI is InChI=1S/C13H19NO2/c1-3-16-13-8-12(15-2)7-4-10(13)9-14-11-5-6-11/h4,7-8,11,14H,3,5-6,9H2,1-2H3. The van der Waals surface area contributed by atoms with Gasteiger partial charge < -0.3 is 14.8 Å². The van der Waals surface area contributed by atoms with Gasteiger partial charge in [0.05, 0.1) is 13.7 Å². The lowest BCUT2D eigenvalue weighted by atomic mass is 10.2. The summed E-state index contributed by atoms with van der Waals surface area (Å²) in [6.07, 6.45) is 2.61. The maximum absolute atomic E-state index is 5.61. The average molecular weight is 221 g/mol. The Balaban J connectivity index is 2.06. The molecular formula is C13H19NO2. The van der Waals surface area contributed by atoms with Gasteiger partial charge in [-0.2, -0.15) is 0 Å². The zero-order valence-corrected chi connectivity index (χ0v) is 9.95. The molecule has 0 aliphatic heterocycles. The third kappa shape index (κ3) is 2.89. The number of benzene rings is 1. The molecule has 0 aromatic heterocycles. The highest BCUT2D eigenvalue weighted by molar-refractivity contribution is 5.40. The average Bonchev–Trinajstić information content (AvgIpc) is 3.11. The van der Waals surface area contributed by atoms with Crippen LogP contribution in [0.4, 0.5) is 0 Å². The summed E-state index contributed by atoms with van der Waals surface area (Å²) in [4.78, 5) is 0. The third-order valence-corrected chi connectivity index (χ3v) is 2.73. The first-order chi connectivity index (χ1) is 7.83. The monoisotopic (exact) mass is 221 g/mol. The lowest BCUT2D eigenvalue weighted by Crippen LogP contribution is -2.16. The quantitative estimate of drug-likeness (QED) is 0.799. The van der Waals surface area contributed by atoms with Crippen LogP contribution >= 0.6 is 0 Å². The zero-order chi connectivity index (χ0) is 11.4. The Hall–Kier alpha value is -1.22. The van der Waals surface area contributed by atoms with Crippen molar-refractivity contribution in [3.8, 4) is 11.5 Å². The summed E-state index contributed by atoms with van der Waals surface area (Å²) >= 11 is 0. The highest BCUT2D eigenvalue weighted by atomic mass is 16.5. The molecule has 1 aromatic rings. The SMILES string of the molecule is CCOc1cc(OC)ccc1CNC1CC1. The molecule has 0 unspecified atom stereocenters. The van der Waals surface area contributed by atoms with Crippen molar-refractivity contribution in [2.45, 2.75) is 32.4 Å². The van der Waals surface area contributed by atoms with Crippen LogP contribution in [0.1, 0.15) is 25.3 Å². The molecule has 1 aliphatic carbocycles. The van der Waals surface area contributed by atoms with Crippen LogP contribution in [-0.4, -0.2) is 19.8 Å². The molecule has 1 fully saturated rings. The maximum Gasteiger partial charge on any atom is 0.127 e. The highest BCUT2D eigenvalue weighted by Crippen LogP contribution is 2.26. The second-order valence-electron chi connectivity index (χ2n) is 4.06. The molecule has 88 valence electrons. The molecule has 3 nitrogen and oxygen atoms in total. The van der Waals surface area contributed by atoms with Crippen molar-refractivity contribution in [2.24, 2.45) is 0 Å². The molecule has 1 saturated carbocycles. The van der Waals surface area contributed by atoms with Crippen molar-refractivity contribution < 1.29 is 9.47 Å². The van der Waals surface area contributed by atoms with Crippen LogP contribution in [-0.2, 0) is 6.54 Å². The van der Waals surface area contributed by atoms with Crippen LogP contribution in [0.5, 0.6) is 11.5 Å². The summed E-state index contributed by atoms with van der Waals surface area (Å²) in [6.45, 7) is 3.56. The van der Waals surface area contributed by atoms with Crippen LogP contribution in [0.2, 0.25) is 0 Å². The van der Waals surface area contributed by atoms with Crippen LogP contribution in [0, 0.1) is 0 Å². The molecule has 3 heteroatoms. The molecule has 0 bridgehead atoms. The normalized spacial score (nSPS) is 14.9. The van der Waals surface area contributed by atoms with Gasteiger partial charge in [0.1, 0.15) is 11.5 Å². The molecule has 1 N–H and O–H groups in total. The molecule has 0 radical (unpaired) electrons. The Morgan fingerprint density at radius 3 is 2.81 bits per heavy atom. The Morgan fingerprint density at radius 1 is 1.38 bits per heavy atom. The maximum atomic E-state index is 5.61. The number of methoxy groups -OCH3 is 1. The van der Waals surface area contributed by atoms with Gasteiger partial charge in [0.2, 0.25) is 0 Å². The molecule has 2 rings (SSSR count). The summed E-state index contributed by atoms with van der Waals surface area (Å²) in [5, 5.41) is 3.49. The van der Waals surface area contributed by atoms with E-state index < -0.39 is 0 Å². The summed E-state index contributed by atoms with van der Waals surface area (Å²) in [6, 6.07) is 6.72. The lowest BCUT2D eigenvalue weighted by molar-refractivity contribution is 0.331. The van der Waals surface area contributed by atoms with Crippen LogP contribution in [0.25, 0.3) is 0 Å². The second kappa shape index (κ2) is 5.21. The first-order valence-electron chi connectivity index (χ1n) is 5.86. The number of nitrogens with one attached hydrogen (secondary N) is 1. The molecule has 1 aliphatic rings. The van der Waals surface area contributed by atoms with E-state index in [1.165, 1.54) is 18.4 Å². The summed E-state index contributed by atoms with van der Waals surface area (Å²) in [5.41, 5.74) is 1.20. The van der Waals surface area contributed by atoms with Gasteiger partial charge in [-0.25, -0.2) is 0 Å². The van der Waals surface area contributed by atoms with E-state index in [9.17, 15) is 0 Å². The largest absolute Gasteiger partial charge is 0.497 e. The van der Waals surface area contributed by atoms with E-state index in [0.717, 1.165) is 24.1 Å². The van der Waals surface area contributed by atoms with Gasteiger partial charge in [-0.1, -0.05) is 6.07 Å². The fourth-order valence-corrected chi connectivity index (χ4v) is 1.64. The van der Waals surface area contributed by atoms with Crippen molar-refractivity contribution in [2.75, 3.05) is 13.7 Å². The smallest absolute Gasteiger partial charge is 0.127 e. The second-order valence-corrected chi connectivity index (χ2v) is 4.06. The zero-order valence-electron chi connectivity index (χ0n) is 9.95. The Morgan fingerprint density at radius 2 is 2.19 bits per heavy atom. The third-order valence-electron chi connectivity index (χ3n) is 2.73. The van der Waals surface area contributed by atoms with Gasteiger partial charge in [0.15, 0.2) is 0 Å². The van der Waals surface area contributed by atoms with E-state index in [1.54, 1.807) is 7.11 Å². The fraction of sp³-hybridized carbons (Fsp3) is 0.538. The van der Waals surface area contributed by atoms with E-state index in [0.29, 0.717) is 6.61 Å². The predicted octanol–water partition coefficient (Wildman–Crippen LogP) is 2.35. The van der Waals surface area contributed by atoms with E-state index in [2.05, 4.69) is 11.4 Å². The summed E-state index contributed by atoms with van der Waals surface area (Å²) in [7, 11) is 1.67. The first-order valence-corrected chi connectivity index (χ1v) is 5.86. The molecule has 0 heterocycles. The van der Waals surface area contributed by atoms with Crippen molar-refractivity contribution in [3.63, 3.8) is 0 Å². The molecule has 0 atom stereocenters. The van der Waals surface area contributed by atoms with Crippen LogP contribution in [0.3, 0.4) is 0 Å². The van der Waals surface area contributed by atoms with Gasteiger partial charge in [-0.05, 0) is 25.8 Å². The van der Waals surface area contributed by atoms with Gasteiger partial charge in [0.25, 0.3) is 0 Å². The predicted molar refractivity (Wildman–Crippen MR) is 64.0 cm³/mol. The molecule has 0 saturated heterocycles. The van der Waals surface area contributed by atoms with Crippen LogP contribution < -0.4 is 14.8 Å². The molecule has 0 amide bonds. The van der Waals surface area contributed by atoms with Crippen LogP contribution in [0.15, 0.2) is 18.2 Å². The van der Waals surface area contributed by atoms with Crippen molar-refractivity contribution >= 4 is 0 Å². The van der Waals surface area contributed by atoms with E-state index in [4.69, 9.17) is 9.47 Å². The molecule has 1 aromatic carbocycles. The molecular weight excluding hydrogens is 202 g/mol. The van der Waals surface area contributed by atoms with Crippen molar-refractivity contribution in [1.29, 1.82) is 0 Å².